The van der Waals surface area contributed by atoms with Crippen LogP contribution in [-0.4, -0.2) is 9.97 Å². The van der Waals surface area contributed by atoms with E-state index in [-0.39, 0.29) is 0 Å². The van der Waals surface area contributed by atoms with Crippen LogP contribution in [0, 0.1) is 0 Å². The van der Waals surface area contributed by atoms with Gasteiger partial charge >= 0.3 is 0 Å². The second kappa shape index (κ2) is 5.19. The molecule has 0 radical (unpaired) electrons. The maximum Gasteiger partial charge on any atom is 0.187 e. The Balaban J connectivity index is 1.79. The van der Waals surface area contributed by atoms with Crippen LogP contribution in [0.5, 0.6) is 0 Å². The molecule has 1 saturated carbocycles. The van der Waals surface area contributed by atoms with E-state index in [4.69, 9.17) is 18.0 Å². The summed E-state index contributed by atoms with van der Waals surface area (Å²) in [6.07, 6.45) is 2.55. The number of thiocarbonyl (C=S) groups is 1. The van der Waals surface area contributed by atoms with Gasteiger partial charge < -0.3 is 11.1 Å². The van der Waals surface area contributed by atoms with Gasteiger partial charge in [0.15, 0.2) is 5.13 Å². The molecular formula is C13H12BrN3S2. The maximum absolute atomic E-state index is 5.61. The van der Waals surface area contributed by atoms with Crippen LogP contribution in [-0.2, 0) is 0 Å². The fourth-order valence-corrected chi connectivity index (χ4v) is 3.20. The molecule has 3 nitrogen and oxygen atoms in total. The SMILES string of the molecule is NC(=S)c1ccc(Nc2nc(C3CC3)cs2)c(Br)c1. The molecule has 0 unspecified atom stereocenters. The zero-order valence-corrected chi connectivity index (χ0v) is 13.2. The lowest BCUT2D eigenvalue weighted by Gasteiger charge is -2.07. The summed E-state index contributed by atoms with van der Waals surface area (Å²) < 4.78 is 0.931. The summed E-state index contributed by atoms with van der Waals surface area (Å²) in [7, 11) is 0. The van der Waals surface area contributed by atoms with Gasteiger partial charge in [0.1, 0.15) is 4.99 Å². The maximum atomic E-state index is 5.61. The van der Waals surface area contributed by atoms with Gasteiger partial charge in [0.2, 0.25) is 0 Å². The van der Waals surface area contributed by atoms with Gasteiger partial charge in [-0.3, -0.25) is 0 Å². The summed E-state index contributed by atoms with van der Waals surface area (Å²) in [5, 5.41) is 6.38. The van der Waals surface area contributed by atoms with Crippen molar-refractivity contribution in [1.29, 1.82) is 0 Å². The highest BCUT2D eigenvalue weighted by atomic mass is 79.9. The fourth-order valence-electron chi connectivity index (χ4n) is 1.80. The van der Waals surface area contributed by atoms with Gasteiger partial charge in [0, 0.05) is 21.3 Å². The van der Waals surface area contributed by atoms with Crippen LogP contribution in [0.2, 0.25) is 0 Å². The van der Waals surface area contributed by atoms with Gasteiger partial charge in [-0.2, -0.15) is 0 Å². The zero-order valence-electron chi connectivity index (χ0n) is 10.0. The molecule has 1 aliphatic rings. The molecular weight excluding hydrogens is 342 g/mol. The fraction of sp³-hybridized carbons (Fsp3) is 0.231. The van der Waals surface area contributed by atoms with E-state index in [0.717, 1.165) is 20.9 Å². The minimum atomic E-state index is 0.400. The van der Waals surface area contributed by atoms with Crippen LogP contribution in [0.1, 0.15) is 30.0 Å². The Hall–Kier alpha value is -0.980. The monoisotopic (exact) mass is 353 g/mol. The number of hydrogen-bond acceptors (Lipinski definition) is 4. The molecule has 0 aliphatic heterocycles. The molecule has 19 heavy (non-hydrogen) atoms. The van der Waals surface area contributed by atoms with Crippen LogP contribution in [0.15, 0.2) is 28.1 Å². The molecule has 98 valence electrons. The van der Waals surface area contributed by atoms with Crippen molar-refractivity contribution in [2.24, 2.45) is 5.73 Å². The third-order valence-electron chi connectivity index (χ3n) is 3.01. The second-order valence-corrected chi connectivity index (χ2v) is 6.69. The average molecular weight is 354 g/mol. The molecule has 0 atom stereocenters. The Morgan fingerprint density at radius 1 is 1.47 bits per heavy atom. The van der Waals surface area contributed by atoms with E-state index in [1.165, 1.54) is 18.5 Å². The van der Waals surface area contributed by atoms with Crippen molar-refractivity contribution in [2.75, 3.05) is 5.32 Å². The van der Waals surface area contributed by atoms with Crippen molar-refractivity contribution in [1.82, 2.24) is 4.98 Å². The average Bonchev–Trinajstić information content (AvgIpc) is 3.12. The number of nitrogens with one attached hydrogen (secondary N) is 1. The lowest BCUT2D eigenvalue weighted by atomic mass is 10.2. The first-order chi connectivity index (χ1) is 9.13. The molecule has 1 aromatic heterocycles. The lowest BCUT2D eigenvalue weighted by molar-refractivity contribution is 1.05. The van der Waals surface area contributed by atoms with Crippen LogP contribution in [0.4, 0.5) is 10.8 Å². The topological polar surface area (TPSA) is 50.9 Å². The number of nitrogens with zero attached hydrogens (tertiary/aromatic N) is 1. The number of aromatic nitrogens is 1. The number of benzene rings is 1. The first-order valence-electron chi connectivity index (χ1n) is 5.95. The van der Waals surface area contributed by atoms with Crippen molar-refractivity contribution in [3.63, 3.8) is 0 Å². The Morgan fingerprint density at radius 2 is 2.26 bits per heavy atom. The normalized spacial score (nSPS) is 14.4. The molecule has 3 N–H and O–H groups in total. The summed E-state index contributed by atoms with van der Waals surface area (Å²) >= 11 is 10.1. The second-order valence-electron chi connectivity index (χ2n) is 4.54. The summed E-state index contributed by atoms with van der Waals surface area (Å²) in [4.78, 5) is 5.00. The highest BCUT2D eigenvalue weighted by molar-refractivity contribution is 9.10. The van der Waals surface area contributed by atoms with E-state index in [1.807, 2.05) is 18.2 Å². The summed E-state index contributed by atoms with van der Waals surface area (Å²) in [5.41, 5.74) is 8.64. The number of rotatable bonds is 4. The molecule has 1 aliphatic carbocycles. The Kier molecular flexibility index (Phi) is 3.56. The van der Waals surface area contributed by atoms with Crippen molar-refractivity contribution in [2.45, 2.75) is 18.8 Å². The van der Waals surface area contributed by atoms with Gasteiger partial charge in [0.25, 0.3) is 0 Å². The van der Waals surface area contributed by atoms with Gasteiger partial charge in [-0.25, -0.2) is 4.98 Å². The van der Waals surface area contributed by atoms with Crippen molar-refractivity contribution < 1.29 is 0 Å². The van der Waals surface area contributed by atoms with Gasteiger partial charge in [-0.15, -0.1) is 11.3 Å². The van der Waals surface area contributed by atoms with Gasteiger partial charge in [0.05, 0.1) is 11.4 Å². The molecule has 1 aromatic carbocycles. The number of thiazole rings is 1. The highest BCUT2D eigenvalue weighted by Gasteiger charge is 2.26. The number of halogens is 1. The molecule has 0 amide bonds. The quantitative estimate of drug-likeness (QED) is 0.810. The summed E-state index contributed by atoms with van der Waals surface area (Å²) in [5.74, 6) is 0.687. The van der Waals surface area contributed by atoms with Gasteiger partial charge in [-0.1, -0.05) is 12.2 Å². The predicted molar refractivity (Wildman–Crippen MR) is 87.4 cm³/mol. The first kappa shape index (κ1) is 13.0. The molecule has 2 aromatic rings. The van der Waals surface area contributed by atoms with E-state index in [0.29, 0.717) is 10.9 Å². The van der Waals surface area contributed by atoms with E-state index >= 15 is 0 Å². The number of hydrogen-bond donors (Lipinski definition) is 2. The molecule has 1 fully saturated rings. The molecule has 3 rings (SSSR count). The molecule has 1 heterocycles. The minimum Gasteiger partial charge on any atom is -0.389 e. The summed E-state index contributed by atoms with van der Waals surface area (Å²) in [6.45, 7) is 0. The molecule has 6 heteroatoms. The Labute approximate surface area is 129 Å². The smallest absolute Gasteiger partial charge is 0.187 e. The first-order valence-corrected chi connectivity index (χ1v) is 8.03. The molecule has 0 saturated heterocycles. The number of nitrogens with two attached hydrogens (primary N) is 1. The Morgan fingerprint density at radius 3 is 2.89 bits per heavy atom. The van der Waals surface area contributed by atoms with E-state index < -0.39 is 0 Å². The van der Waals surface area contributed by atoms with Crippen molar-refractivity contribution >= 4 is 55.3 Å². The van der Waals surface area contributed by atoms with E-state index in [9.17, 15) is 0 Å². The standard InChI is InChI=1S/C13H12BrN3S2/c14-9-5-8(12(15)18)3-4-10(9)16-13-17-11(6-19-13)7-1-2-7/h3-7H,1-2H2,(H2,15,18)(H,16,17). The van der Waals surface area contributed by atoms with Crippen LogP contribution >= 0.6 is 39.5 Å². The van der Waals surface area contributed by atoms with Crippen LogP contribution < -0.4 is 11.1 Å². The molecule has 0 bridgehead atoms. The third kappa shape index (κ3) is 2.96. The lowest BCUT2D eigenvalue weighted by Crippen LogP contribution is -2.09. The van der Waals surface area contributed by atoms with E-state index in [1.54, 1.807) is 11.3 Å². The molecule has 0 spiro atoms. The van der Waals surface area contributed by atoms with Crippen molar-refractivity contribution in [3.8, 4) is 0 Å². The van der Waals surface area contributed by atoms with Crippen LogP contribution in [0.3, 0.4) is 0 Å². The highest BCUT2D eigenvalue weighted by Crippen LogP contribution is 2.41. The van der Waals surface area contributed by atoms with E-state index in [2.05, 4.69) is 31.6 Å². The predicted octanol–water partition coefficient (Wildman–Crippen LogP) is 4.16. The van der Waals surface area contributed by atoms with Crippen LogP contribution in [0.25, 0.3) is 0 Å². The summed E-state index contributed by atoms with van der Waals surface area (Å²) in [6, 6.07) is 5.78. The van der Waals surface area contributed by atoms with Crippen molar-refractivity contribution in [3.05, 3.63) is 39.3 Å². The third-order valence-corrected chi connectivity index (χ3v) is 4.68. The van der Waals surface area contributed by atoms with Gasteiger partial charge in [-0.05, 0) is 47.0 Å². The zero-order chi connectivity index (χ0) is 13.4. The largest absolute Gasteiger partial charge is 0.389 e. The number of anilines is 2. The Bertz CT molecular complexity index is 635. The minimum absolute atomic E-state index is 0.400.